The Hall–Kier alpha value is -6.39. The van der Waals surface area contributed by atoms with E-state index in [9.17, 15) is 0 Å². The standard InChI is InChI=1S/C56H45N3O/c1-2-12-38(13-3-1)41-14-10-15-42(31-41)53-57-52(58-54(59-53)55-32-35-28-36(33-55)30-37(29-35)34-55)40-26-24-39(25-27-40)43-17-11-21-48-51(43)44-16-4-5-18-45(44)56(48)46-19-6-8-22-49(46)60-50-23-9-7-20-47(50)56/h1-14,16-27,31,35-37,42H,15,28-30,32-34H2. The maximum atomic E-state index is 6.59. The van der Waals surface area contributed by atoms with Crippen LogP contribution >= 0.6 is 0 Å². The SMILES string of the molecule is C1=CC(c2ccccc2)=CC(c2nc(-c3ccc(-c4cccc5c4-c4ccccc4C54c5ccccc5Oc5ccccc54)cc3)nc(C34CC5CC(CC(C5)C3)C4)n2)C1. The Balaban J connectivity index is 0.939. The first-order valence-electron chi connectivity index (χ1n) is 22.0. The summed E-state index contributed by atoms with van der Waals surface area (Å²) in [5, 5.41) is 0. The molecule has 1 atom stereocenters. The summed E-state index contributed by atoms with van der Waals surface area (Å²) in [5.41, 5.74) is 13.0. The number of para-hydroxylation sites is 2. The summed E-state index contributed by atoms with van der Waals surface area (Å²) in [4.78, 5) is 16.3. The van der Waals surface area contributed by atoms with E-state index in [0.717, 1.165) is 58.7 Å². The molecule has 1 aliphatic heterocycles. The van der Waals surface area contributed by atoms with Gasteiger partial charge in [0.25, 0.3) is 0 Å². The van der Waals surface area contributed by atoms with Crippen LogP contribution in [-0.4, -0.2) is 15.0 Å². The fraction of sp³-hybridized carbons (Fsp3) is 0.232. The lowest BCUT2D eigenvalue weighted by molar-refractivity contribution is -0.00957. The molecule has 7 aromatic rings. The highest BCUT2D eigenvalue weighted by molar-refractivity contribution is 5.96. The van der Waals surface area contributed by atoms with Crippen LogP contribution in [0.1, 0.15) is 90.3 Å². The molecule has 1 aromatic heterocycles. The van der Waals surface area contributed by atoms with E-state index in [0.29, 0.717) is 0 Å². The van der Waals surface area contributed by atoms with Crippen LogP contribution in [0.25, 0.3) is 39.2 Å². The number of allylic oxidation sites excluding steroid dienone is 4. The van der Waals surface area contributed by atoms with Crippen LogP contribution in [0.3, 0.4) is 0 Å². The maximum absolute atomic E-state index is 6.59. The second-order valence-corrected chi connectivity index (χ2v) is 18.5. The Morgan fingerprint density at radius 2 is 1.10 bits per heavy atom. The molecule has 4 fully saturated rings. The number of ether oxygens (including phenoxy) is 1. The molecule has 0 saturated heterocycles. The van der Waals surface area contributed by atoms with Gasteiger partial charge in [-0.25, -0.2) is 15.0 Å². The van der Waals surface area contributed by atoms with Crippen LogP contribution < -0.4 is 4.74 Å². The predicted molar refractivity (Wildman–Crippen MR) is 239 cm³/mol. The molecule has 6 aliphatic carbocycles. The molecular formula is C56H45N3O. The van der Waals surface area contributed by atoms with Gasteiger partial charge >= 0.3 is 0 Å². The van der Waals surface area contributed by atoms with Crippen molar-refractivity contribution < 1.29 is 4.74 Å². The van der Waals surface area contributed by atoms with Crippen molar-refractivity contribution in [3.8, 4) is 45.1 Å². The van der Waals surface area contributed by atoms with E-state index in [2.05, 4.69) is 164 Å². The van der Waals surface area contributed by atoms with Crippen molar-refractivity contribution in [3.05, 3.63) is 203 Å². The summed E-state index contributed by atoms with van der Waals surface area (Å²) >= 11 is 0. The third-order valence-corrected chi connectivity index (χ3v) is 15.0. The lowest BCUT2D eigenvalue weighted by atomic mass is 9.49. The first kappa shape index (κ1) is 34.5. The summed E-state index contributed by atoms with van der Waals surface area (Å²) in [6.07, 6.45) is 15.7. The van der Waals surface area contributed by atoms with Crippen LogP contribution in [0.4, 0.5) is 0 Å². The average molecular weight is 776 g/mol. The van der Waals surface area contributed by atoms with E-state index in [4.69, 9.17) is 19.7 Å². The molecule has 7 aliphatic rings. The lowest BCUT2D eigenvalue weighted by Crippen LogP contribution is -2.49. The quantitative estimate of drug-likeness (QED) is 0.175. The molecule has 290 valence electrons. The number of fused-ring (bicyclic) bond motifs is 9. The molecule has 4 nitrogen and oxygen atoms in total. The van der Waals surface area contributed by atoms with Crippen molar-refractivity contribution in [1.82, 2.24) is 15.0 Å². The first-order valence-corrected chi connectivity index (χ1v) is 22.0. The van der Waals surface area contributed by atoms with Gasteiger partial charge in [-0.2, -0.15) is 0 Å². The van der Waals surface area contributed by atoms with Gasteiger partial charge in [-0.1, -0.05) is 152 Å². The highest BCUT2D eigenvalue weighted by atomic mass is 16.5. The second-order valence-electron chi connectivity index (χ2n) is 18.5. The molecule has 1 spiro atoms. The largest absolute Gasteiger partial charge is 0.457 e. The van der Waals surface area contributed by atoms with E-state index in [-0.39, 0.29) is 11.3 Å². The van der Waals surface area contributed by atoms with Crippen molar-refractivity contribution >= 4 is 5.57 Å². The minimum atomic E-state index is -0.495. The van der Waals surface area contributed by atoms with Gasteiger partial charge in [0, 0.05) is 28.0 Å². The van der Waals surface area contributed by atoms with Gasteiger partial charge < -0.3 is 4.74 Å². The van der Waals surface area contributed by atoms with E-state index in [1.807, 2.05) is 0 Å². The molecule has 4 bridgehead atoms. The average Bonchev–Trinajstić information content (AvgIpc) is 3.60. The van der Waals surface area contributed by atoms with Crippen molar-refractivity contribution in [2.24, 2.45) is 17.8 Å². The predicted octanol–water partition coefficient (Wildman–Crippen LogP) is 13.3. The topological polar surface area (TPSA) is 47.9 Å². The number of rotatable bonds is 5. The number of nitrogens with zero attached hydrogens (tertiary/aromatic N) is 3. The van der Waals surface area contributed by atoms with Gasteiger partial charge in [-0.05, 0) is 119 Å². The van der Waals surface area contributed by atoms with Crippen LogP contribution in [0.5, 0.6) is 11.5 Å². The van der Waals surface area contributed by atoms with Gasteiger partial charge in [0.15, 0.2) is 5.82 Å². The zero-order valence-corrected chi connectivity index (χ0v) is 33.6. The Labute approximate surface area is 351 Å². The molecule has 0 amide bonds. The van der Waals surface area contributed by atoms with Gasteiger partial charge in [0.05, 0.1) is 5.41 Å². The van der Waals surface area contributed by atoms with Crippen LogP contribution in [0.15, 0.2) is 164 Å². The summed E-state index contributed by atoms with van der Waals surface area (Å²) in [5.74, 6) is 7.10. The summed E-state index contributed by atoms with van der Waals surface area (Å²) in [6.45, 7) is 0. The molecule has 4 saturated carbocycles. The first-order chi connectivity index (χ1) is 29.6. The van der Waals surface area contributed by atoms with Crippen LogP contribution in [-0.2, 0) is 10.8 Å². The minimum absolute atomic E-state index is 0.0624. The Morgan fingerprint density at radius 1 is 0.500 bits per heavy atom. The molecule has 6 aromatic carbocycles. The number of hydrogen-bond acceptors (Lipinski definition) is 4. The van der Waals surface area contributed by atoms with E-state index >= 15 is 0 Å². The zero-order chi connectivity index (χ0) is 39.4. The third-order valence-electron chi connectivity index (χ3n) is 15.0. The fourth-order valence-corrected chi connectivity index (χ4v) is 12.9. The number of hydrogen-bond donors (Lipinski definition) is 0. The summed E-state index contributed by atoms with van der Waals surface area (Å²) < 4.78 is 6.59. The number of benzene rings is 6. The summed E-state index contributed by atoms with van der Waals surface area (Å²) in [6, 6.07) is 52.8. The molecule has 2 heterocycles. The second kappa shape index (κ2) is 13.1. The Kier molecular flexibility index (Phi) is 7.50. The van der Waals surface area contributed by atoms with Crippen molar-refractivity contribution in [1.29, 1.82) is 0 Å². The smallest absolute Gasteiger partial charge is 0.163 e. The van der Waals surface area contributed by atoms with Crippen LogP contribution in [0.2, 0.25) is 0 Å². The molecule has 0 radical (unpaired) electrons. The third kappa shape index (κ3) is 5.06. The lowest BCUT2D eigenvalue weighted by Gasteiger charge is -2.56. The van der Waals surface area contributed by atoms with Gasteiger partial charge in [-0.3, -0.25) is 0 Å². The molecule has 0 N–H and O–H groups in total. The van der Waals surface area contributed by atoms with E-state index in [1.54, 1.807) is 0 Å². The summed E-state index contributed by atoms with van der Waals surface area (Å²) in [7, 11) is 0. The number of aromatic nitrogens is 3. The molecule has 14 rings (SSSR count). The van der Waals surface area contributed by atoms with Gasteiger partial charge in [-0.15, -0.1) is 0 Å². The van der Waals surface area contributed by atoms with E-state index in [1.165, 1.54) is 94.2 Å². The van der Waals surface area contributed by atoms with Crippen molar-refractivity contribution in [2.75, 3.05) is 0 Å². The minimum Gasteiger partial charge on any atom is -0.457 e. The Bertz CT molecular complexity index is 2840. The normalized spacial score (nSPS) is 24.6. The van der Waals surface area contributed by atoms with Gasteiger partial charge in [0.2, 0.25) is 0 Å². The Morgan fingerprint density at radius 3 is 1.82 bits per heavy atom. The van der Waals surface area contributed by atoms with Crippen molar-refractivity contribution in [3.63, 3.8) is 0 Å². The maximum Gasteiger partial charge on any atom is 0.163 e. The zero-order valence-electron chi connectivity index (χ0n) is 33.6. The highest BCUT2D eigenvalue weighted by Gasteiger charge is 2.54. The van der Waals surface area contributed by atoms with Crippen molar-refractivity contribution in [2.45, 2.75) is 61.7 Å². The fourth-order valence-electron chi connectivity index (χ4n) is 12.9. The van der Waals surface area contributed by atoms with E-state index < -0.39 is 5.41 Å². The molecular weight excluding hydrogens is 731 g/mol. The molecule has 1 unspecified atom stereocenters. The van der Waals surface area contributed by atoms with Crippen LogP contribution in [0, 0.1) is 17.8 Å². The monoisotopic (exact) mass is 775 g/mol. The molecule has 60 heavy (non-hydrogen) atoms. The highest BCUT2D eigenvalue weighted by Crippen LogP contribution is 2.64. The van der Waals surface area contributed by atoms with Gasteiger partial charge in [0.1, 0.15) is 23.1 Å². The molecule has 4 heteroatoms.